The molecule has 0 saturated heterocycles. The van der Waals surface area contributed by atoms with Crippen molar-refractivity contribution in [3.63, 3.8) is 0 Å². The Morgan fingerprint density at radius 1 is 1.38 bits per heavy atom. The van der Waals surface area contributed by atoms with E-state index in [9.17, 15) is 4.79 Å². The van der Waals surface area contributed by atoms with E-state index in [1.165, 1.54) is 12.8 Å². The summed E-state index contributed by atoms with van der Waals surface area (Å²) in [5.41, 5.74) is 0. The van der Waals surface area contributed by atoms with Gasteiger partial charge in [0.1, 0.15) is 5.78 Å². The second kappa shape index (κ2) is 3.65. The number of rotatable bonds is 3. The molecule has 0 heterocycles. The Labute approximate surface area is 80.2 Å². The fourth-order valence-corrected chi connectivity index (χ4v) is 2.66. The fourth-order valence-electron chi connectivity index (χ4n) is 2.66. The van der Waals surface area contributed by atoms with Gasteiger partial charge in [0.15, 0.2) is 0 Å². The maximum absolute atomic E-state index is 11.8. The first-order valence-electron chi connectivity index (χ1n) is 5.53. The van der Waals surface area contributed by atoms with Crippen LogP contribution in [0.3, 0.4) is 0 Å². The molecular weight excluding hydrogens is 160 g/mol. The monoisotopic (exact) mass is 178 g/mol. The summed E-state index contributed by atoms with van der Waals surface area (Å²) in [4.78, 5) is 11.8. The molecule has 0 spiro atoms. The van der Waals surface area contributed by atoms with Gasteiger partial charge in [-0.05, 0) is 25.2 Å². The highest BCUT2D eigenvalue weighted by atomic mass is 16.1. The molecule has 0 N–H and O–H groups in total. The second-order valence-electron chi connectivity index (χ2n) is 4.46. The number of carbonyl (C=O) groups is 1. The van der Waals surface area contributed by atoms with Crippen LogP contribution in [0.5, 0.6) is 0 Å². The van der Waals surface area contributed by atoms with Crippen LogP contribution in [0.25, 0.3) is 0 Å². The maximum Gasteiger partial charge on any atom is 0.142 e. The molecule has 0 aromatic heterocycles. The lowest BCUT2D eigenvalue weighted by Crippen LogP contribution is -2.28. The number of ketones is 1. The van der Waals surface area contributed by atoms with E-state index in [1.807, 2.05) is 0 Å². The molecule has 0 aromatic rings. The standard InChI is InChI=1S/C12H18O/c1-2-3-4-10-7-9-5-6-11(8-9)12(10)13/h5-6,9-11H,2-4,7-8H2,1H3. The van der Waals surface area contributed by atoms with Crippen molar-refractivity contribution in [1.29, 1.82) is 0 Å². The highest BCUT2D eigenvalue weighted by Gasteiger charge is 2.36. The predicted molar refractivity (Wildman–Crippen MR) is 53.4 cm³/mol. The van der Waals surface area contributed by atoms with E-state index in [0.29, 0.717) is 17.6 Å². The smallest absolute Gasteiger partial charge is 0.142 e. The van der Waals surface area contributed by atoms with Crippen LogP contribution in [0.2, 0.25) is 0 Å². The van der Waals surface area contributed by atoms with Crippen LogP contribution >= 0.6 is 0 Å². The summed E-state index contributed by atoms with van der Waals surface area (Å²) in [6.45, 7) is 2.19. The van der Waals surface area contributed by atoms with Crippen molar-refractivity contribution in [2.24, 2.45) is 17.8 Å². The van der Waals surface area contributed by atoms with E-state index < -0.39 is 0 Å². The molecule has 72 valence electrons. The first-order valence-corrected chi connectivity index (χ1v) is 5.53. The zero-order chi connectivity index (χ0) is 9.26. The van der Waals surface area contributed by atoms with Gasteiger partial charge in [-0.25, -0.2) is 0 Å². The minimum atomic E-state index is 0.292. The molecule has 0 amide bonds. The highest BCUT2D eigenvalue weighted by Crippen LogP contribution is 2.39. The summed E-state index contributed by atoms with van der Waals surface area (Å²) in [5, 5.41) is 0. The van der Waals surface area contributed by atoms with Crippen molar-refractivity contribution < 1.29 is 4.79 Å². The van der Waals surface area contributed by atoms with Crippen molar-refractivity contribution >= 4 is 5.78 Å². The summed E-state index contributed by atoms with van der Waals surface area (Å²) in [6.07, 6.45) is 10.2. The molecule has 1 saturated carbocycles. The van der Waals surface area contributed by atoms with Crippen molar-refractivity contribution in [2.75, 3.05) is 0 Å². The Morgan fingerprint density at radius 2 is 2.23 bits per heavy atom. The Hall–Kier alpha value is -0.590. The summed E-state index contributed by atoms with van der Waals surface area (Å²) in [7, 11) is 0. The lowest BCUT2D eigenvalue weighted by molar-refractivity contribution is -0.128. The van der Waals surface area contributed by atoms with Gasteiger partial charge in [-0.3, -0.25) is 4.79 Å². The predicted octanol–water partition coefficient (Wildman–Crippen LogP) is 2.96. The Balaban J connectivity index is 1.95. The number of allylic oxidation sites excluding steroid dienone is 2. The highest BCUT2D eigenvalue weighted by molar-refractivity contribution is 5.86. The number of Topliss-reactive ketones (excluding diaryl/α,β-unsaturated/α-hetero) is 1. The van der Waals surface area contributed by atoms with Crippen LogP contribution in [0, 0.1) is 17.8 Å². The van der Waals surface area contributed by atoms with E-state index >= 15 is 0 Å². The Bertz CT molecular complexity index is 229. The number of carbonyl (C=O) groups excluding carboxylic acids is 1. The molecule has 1 nitrogen and oxygen atoms in total. The summed E-state index contributed by atoms with van der Waals surface area (Å²) in [5.74, 6) is 1.93. The van der Waals surface area contributed by atoms with Crippen molar-refractivity contribution in [1.82, 2.24) is 0 Å². The average Bonchev–Trinajstić information content (AvgIpc) is 2.54. The van der Waals surface area contributed by atoms with Gasteiger partial charge in [-0.15, -0.1) is 0 Å². The quantitative estimate of drug-likeness (QED) is 0.607. The van der Waals surface area contributed by atoms with Crippen LogP contribution in [0.4, 0.5) is 0 Å². The van der Waals surface area contributed by atoms with E-state index in [1.54, 1.807) is 0 Å². The SMILES string of the molecule is CCCCC1CC2C=CC(C2)C1=O. The summed E-state index contributed by atoms with van der Waals surface area (Å²) in [6, 6.07) is 0. The fraction of sp³-hybridized carbons (Fsp3) is 0.750. The van der Waals surface area contributed by atoms with E-state index in [4.69, 9.17) is 0 Å². The van der Waals surface area contributed by atoms with Gasteiger partial charge in [-0.2, -0.15) is 0 Å². The molecule has 2 bridgehead atoms. The first-order chi connectivity index (χ1) is 6.31. The van der Waals surface area contributed by atoms with Crippen molar-refractivity contribution in [2.45, 2.75) is 39.0 Å². The lowest BCUT2D eigenvalue weighted by atomic mass is 9.77. The molecule has 2 aliphatic carbocycles. The molecule has 2 rings (SSSR count). The van der Waals surface area contributed by atoms with Gasteiger partial charge in [-0.1, -0.05) is 31.9 Å². The summed E-state index contributed by atoms with van der Waals surface area (Å²) < 4.78 is 0. The minimum absolute atomic E-state index is 0.292. The van der Waals surface area contributed by atoms with Gasteiger partial charge < -0.3 is 0 Å². The Morgan fingerprint density at radius 3 is 3.00 bits per heavy atom. The average molecular weight is 178 g/mol. The van der Waals surface area contributed by atoms with E-state index in [-0.39, 0.29) is 0 Å². The molecule has 0 aromatic carbocycles. The van der Waals surface area contributed by atoms with Crippen LogP contribution in [0.1, 0.15) is 39.0 Å². The van der Waals surface area contributed by atoms with Crippen LogP contribution in [-0.2, 0) is 4.79 Å². The Kier molecular flexibility index (Phi) is 2.52. The maximum atomic E-state index is 11.8. The third kappa shape index (κ3) is 1.70. The van der Waals surface area contributed by atoms with Crippen molar-refractivity contribution in [3.05, 3.63) is 12.2 Å². The number of fused-ring (bicyclic) bond motifs is 2. The first kappa shape index (κ1) is 8.98. The zero-order valence-corrected chi connectivity index (χ0v) is 8.33. The molecule has 2 aliphatic rings. The van der Waals surface area contributed by atoms with Crippen molar-refractivity contribution in [3.8, 4) is 0 Å². The second-order valence-corrected chi connectivity index (χ2v) is 4.46. The normalized spacial score (nSPS) is 37.0. The molecule has 0 aliphatic heterocycles. The molecule has 3 unspecified atom stereocenters. The number of unbranched alkanes of at least 4 members (excludes halogenated alkanes) is 1. The van der Waals surface area contributed by atoms with Gasteiger partial charge in [0, 0.05) is 11.8 Å². The van der Waals surface area contributed by atoms with Gasteiger partial charge in [0.25, 0.3) is 0 Å². The number of hydrogen-bond acceptors (Lipinski definition) is 1. The lowest BCUT2D eigenvalue weighted by Gasteiger charge is -2.26. The van der Waals surface area contributed by atoms with Gasteiger partial charge in [0.2, 0.25) is 0 Å². The zero-order valence-electron chi connectivity index (χ0n) is 8.33. The molecule has 1 heteroatoms. The number of hydrogen-bond donors (Lipinski definition) is 0. The van der Waals surface area contributed by atoms with E-state index in [0.717, 1.165) is 25.2 Å². The molecule has 1 fully saturated rings. The summed E-state index contributed by atoms with van der Waals surface area (Å²) >= 11 is 0. The third-order valence-corrected chi connectivity index (χ3v) is 3.43. The van der Waals surface area contributed by atoms with Gasteiger partial charge in [0.05, 0.1) is 0 Å². The van der Waals surface area contributed by atoms with Crippen LogP contribution in [0.15, 0.2) is 12.2 Å². The molecule has 3 atom stereocenters. The van der Waals surface area contributed by atoms with Gasteiger partial charge >= 0.3 is 0 Å². The largest absolute Gasteiger partial charge is 0.299 e. The van der Waals surface area contributed by atoms with Crippen LogP contribution in [-0.4, -0.2) is 5.78 Å². The molecule has 13 heavy (non-hydrogen) atoms. The molecular formula is C12H18O. The topological polar surface area (TPSA) is 17.1 Å². The third-order valence-electron chi connectivity index (χ3n) is 3.43. The molecule has 0 radical (unpaired) electrons. The minimum Gasteiger partial charge on any atom is -0.299 e. The van der Waals surface area contributed by atoms with E-state index in [2.05, 4.69) is 19.1 Å². The van der Waals surface area contributed by atoms with Crippen LogP contribution < -0.4 is 0 Å².